The number of hydrogen-bond donors (Lipinski definition) is 1. The molecule has 0 fully saturated rings. The molecule has 2 heterocycles. The maximum absolute atomic E-state index is 13.5. The van der Waals surface area contributed by atoms with Gasteiger partial charge in [0.25, 0.3) is 11.8 Å². The molecule has 1 N–H and O–H groups in total. The van der Waals surface area contributed by atoms with Gasteiger partial charge in [-0.1, -0.05) is 18.2 Å². The van der Waals surface area contributed by atoms with Crippen molar-refractivity contribution in [2.24, 2.45) is 0 Å². The molecule has 0 bridgehead atoms. The highest BCUT2D eigenvalue weighted by molar-refractivity contribution is 6.36. The first kappa shape index (κ1) is 23.0. The summed E-state index contributed by atoms with van der Waals surface area (Å²) < 4.78 is 5.50. The van der Waals surface area contributed by atoms with Crippen LogP contribution in [-0.2, 0) is 16.1 Å². The first-order valence-corrected chi connectivity index (χ1v) is 11.3. The number of imide groups is 1. The summed E-state index contributed by atoms with van der Waals surface area (Å²) in [5.74, 6) is -0.218. The number of amides is 2. The monoisotopic (exact) mass is 456 g/mol. The number of carbonyl (C=O) groups is 2. The van der Waals surface area contributed by atoms with Gasteiger partial charge in [-0.3, -0.25) is 19.5 Å². The first-order chi connectivity index (χ1) is 16.6. The second-order valence-corrected chi connectivity index (χ2v) is 7.85. The van der Waals surface area contributed by atoms with Crippen molar-refractivity contribution in [3.63, 3.8) is 0 Å². The van der Waals surface area contributed by atoms with Crippen molar-refractivity contribution in [2.45, 2.75) is 20.4 Å². The van der Waals surface area contributed by atoms with Crippen LogP contribution in [0.5, 0.6) is 5.75 Å². The van der Waals surface area contributed by atoms with Crippen LogP contribution in [0.1, 0.15) is 25.0 Å². The molecule has 3 aromatic rings. The molecule has 1 aliphatic rings. The van der Waals surface area contributed by atoms with E-state index in [4.69, 9.17) is 4.74 Å². The fourth-order valence-corrected chi connectivity index (χ4v) is 4.10. The number of rotatable bonds is 9. The lowest BCUT2D eigenvalue weighted by atomic mass is 10.0. The predicted molar refractivity (Wildman–Crippen MR) is 133 cm³/mol. The third-order valence-electron chi connectivity index (χ3n) is 5.90. The van der Waals surface area contributed by atoms with Crippen LogP contribution in [0.25, 0.3) is 5.57 Å². The van der Waals surface area contributed by atoms with Gasteiger partial charge in [-0.15, -0.1) is 0 Å². The molecular formula is C27H28N4O3. The Bertz CT molecular complexity index is 1200. The van der Waals surface area contributed by atoms with Crippen molar-refractivity contribution in [1.82, 2.24) is 9.88 Å². The number of pyridine rings is 1. The molecule has 0 saturated carbocycles. The molecule has 0 atom stereocenters. The van der Waals surface area contributed by atoms with Crippen molar-refractivity contribution in [3.05, 3.63) is 89.9 Å². The van der Waals surface area contributed by atoms with Crippen LogP contribution in [0.3, 0.4) is 0 Å². The number of carbonyl (C=O) groups excluding carboxylic acids is 2. The third kappa shape index (κ3) is 4.50. The first-order valence-electron chi connectivity index (χ1n) is 11.3. The Hall–Kier alpha value is -4.13. The van der Waals surface area contributed by atoms with Gasteiger partial charge < -0.3 is 15.0 Å². The van der Waals surface area contributed by atoms with E-state index in [2.05, 4.69) is 29.0 Å². The number of hydrogen-bond acceptors (Lipinski definition) is 6. The number of nitrogens with zero attached hydrogens (tertiary/aromatic N) is 3. The van der Waals surface area contributed by atoms with E-state index in [-0.39, 0.29) is 24.1 Å². The summed E-state index contributed by atoms with van der Waals surface area (Å²) in [7, 11) is 1.55. The Morgan fingerprint density at radius 2 is 1.59 bits per heavy atom. The zero-order valence-corrected chi connectivity index (χ0v) is 19.6. The smallest absolute Gasteiger partial charge is 0.278 e. The molecule has 0 saturated heterocycles. The minimum absolute atomic E-state index is 0.158. The zero-order valence-electron chi connectivity index (χ0n) is 19.6. The number of methoxy groups -OCH3 is 1. The lowest BCUT2D eigenvalue weighted by Crippen LogP contribution is -2.32. The number of ether oxygens (including phenoxy) is 1. The van der Waals surface area contributed by atoms with E-state index in [1.54, 1.807) is 43.8 Å². The third-order valence-corrected chi connectivity index (χ3v) is 5.90. The fourth-order valence-electron chi connectivity index (χ4n) is 4.10. The minimum Gasteiger partial charge on any atom is -0.496 e. The van der Waals surface area contributed by atoms with Crippen molar-refractivity contribution in [3.8, 4) is 5.75 Å². The summed E-state index contributed by atoms with van der Waals surface area (Å²) in [4.78, 5) is 34.5. The van der Waals surface area contributed by atoms with Gasteiger partial charge in [0.2, 0.25) is 0 Å². The predicted octanol–water partition coefficient (Wildman–Crippen LogP) is 4.33. The second-order valence-electron chi connectivity index (χ2n) is 7.85. The molecule has 2 aromatic carbocycles. The highest BCUT2D eigenvalue weighted by Gasteiger charge is 2.40. The topological polar surface area (TPSA) is 74.8 Å². The van der Waals surface area contributed by atoms with E-state index in [0.29, 0.717) is 16.9 Å². The zero-order chi connectivity index (χ0) is 24.1. The lowest BCUT2D eigenvalue weighted by Gasteiger charge is -2.21. The molecule has 1 aliphatic heterocycles. The van der Waals surface area contributed by atoms with Crippen molar-refractivity contribution in [2.75, 3.05) is 30.4 Å². The lowest BCUT2D eigenvalue weighted by molar-refractivity contribution is -0.137. The maximum atomic E-state index is 13.5. The highest BCUT2D eigenvalue weighted by atomic mass is 16.5. The second kappa shape index (κ2) is 10.2. The van der Waals surface area contributed by atoms with Crippen LogP contribution in [0, 0.1) is 0 Å². The molecular weight excluding hydrogens is 428 g/mol. The van der Waals surface area contributed by atoms with Gasteiger partial charge in [-0.25, -0.2) is 0 Å². The van der Waals surface area contributed by atoms with Gasteiger partial charge in [-0.05, 0) is 61.9 Å². The molecule has 7 heteroatoms. The van der Waals surface area contributed by atoms with Gasteiger partial charge in [0, 0.05) is 42.4 Å². The summed E-state index contributed by atoms with van der Waals surface area (Å²) >= 11 is 0. The average molecular weight is 457 g/mol. The summed E-state index contributed by atoms with van der Waals surface area (Å²) in [6.07, 6.45) is 3.29. The van der Waals surface area contributed by atoms with Crippen molar-refractivity contribution < 1.29 is 14.3 Å². The SMILES string of the molecule is CCN(CC)c1ccc(NC2=C(c3ccccc3OC)C(=O)N(Cc3ccncc3)C2=O)cc1. The van der Waals surface area contributed by atoms with Crippen LogP contribution in [0.15, 0.2) is 78.8 Å². The fraction of sp³-hybridized carbons (Fsp3) is 0.222. The van der Waals surface area contributed by atoms with Gasteiger partial charge in [0.05, 0.1) is 19.2 Å². The van der Waals surface area contributed by atoms with Gasteiger partial charge in [0.15, 0.2) is 0 Å². The van der Waals surface area contributed by atoms with Gasteiger partial charge in [0.1, 0.15) is 11.4 Å². The number of nitrogens with one attached hydrogen (secondary N) is 1. The Morgan fingerprint density at radius 1 is 0.912 bits per heavy atom. The molecule has 34 heavy (non-hydrogen) atoms. The van der Waals surface area contributed by atoms with E-state index in [1.165, 1.54) is 4.90 Å². The van der Waals surface area contributed by atoms with Gasteiger partial charge >= 0.3 is 0 Å². The Labute approximate surface area is 199 Å². The Kier molecular flexibility index (Phi) is 6.92. The van der Waals surface area contributed by atoms with E-state index < -0.39 is 0 Å². The van der Waals surface area contributed by atoms with Crippen LogP contribution >= 0.6 is 0 Å². The van der Waals surface area contributed by atoms with Crippen molar-refractivity contribution >= 4 is 28.8 Å². The molecule has 1 aromatic heterocycles. The molecule has 0 unspecified atom stereocenters. The standard InChI is InChI=1S/C27H28N4O3/c1-4-30(5-2)21-12-10-20(11-13-21)29-25-24(22-8-6-7-9-23(22)34-3)26(32)31(27(25)33)18-19-14-16-28-17-15-19/h6-17,29H,4-5,18H2,1-3H3. The van der Waals surface area contributed by atoms with Gasteiger partial charge in [-0.2, -0.15) is 0 Å². The van der Waals surface area contributed by atoms with Crippen LogP contribution in [-0.4, -0.2) is 41.9 Å². The Balaban J connectivity index is 1.72. The molecule has 0 aliphatic carbocycles. The number of anilines is 2. The van der Waals surface area contributed by atoms with E-state index in [1.807, 2.05) is 36.4 Å². The Morgan fingerprint density at radius 3 is 2.24 bits per heavy atom. The molecule has 0 spiro atoms. The average Bonchev–Trinajstić information content (AvgIpc) is 3.10. The number of aromatic nitrogens is 1. The number of benzene rings is 2. The van der Waals surface area contributed by atoms with Crippen LogP contribution < -0.4 is 15.0 Å². The summed E-state index contributed by atoms with van der Waals surface area (Å²) in [5, 5.41) is 3.22. The van der Waals surface area contributed by atoms with Crippen molar-refractivity contribution in [1.29, 1.82) is 0 Å². The highest BCUT2D eigenvalue weighted by Crippen LogP contribution is 2.36. The van der Waals surface area contributed by atoms with E-state index in [9.17, 15) is 9.59 Å². The quantitative estimate of drug-likeness (QED) is 0.483. The van der Waals surface area contributed by atoms with Crippen LogP contribution in [0.4, 0.5) is 11.4 Å². The summed E-state index contributed by atoms with van der Waals surface area (Å²) in [5.41, 5.74) is 3.75. The summed E-state index contributed by atoms with van der Waals surface area (Å²) in [6, 6.07) is 18.7. The maximum Gasteiger partial charge on any atom is 0.278 e. The normalized spacial score (nSPS) is 13.4. The molecule has 174 valence electrons. The van der Waals surface area contributed by atoms with Crippen LogP contribution in [0.2, 0.25) is 0 Å². The van der Waals surface area contributed by atoms with E-state index in [0.717, 1.165) is 30.0 Å². The number of para-hydroxylation sites is 1. The molecule has 4 rings (SSSR count). The molecule has 0 radical (unpaired) electrons. The summed E-state index contributed by atoms with van der Waals surface area (Å²) in [6.45, 7) is 6.19. The largest absolute Gasteiger partial charge is 0.496 e. The molecule has 7 nitrogen and oxygen atoms in total. The molecule has 2 amide bonds. The van der Waals surface area contributed by atoms with E-state index >= 15 is 0 Å². The minimum atomic E-state index is -0.379.